The van der Waals surface area contributed by atoms with Gasteiger partial charge >= 0.3 is 0 Å². The average Bonchev–Trinajstić information content (AvgIpc) is 3.97. The molecule has 252 valence electrons. The number of fused-ring (bicyclic) bond motifs is 8. The Hall–Kier alpha value is -6.08. The minimum atomic E-state index is -0.210. The van der Waals surface area contributed by atoms with E-state index in [9.17, 15) is 0 Å². The lowest BCUT2D eigenvalue weighted by molar-refractivity contribution is 0.660. The van der Waals surface area contributed by atoms with Crippen molar-refractivity contribution >= 4 is 82.1 Å². The van der Waals surface area contributed by atoms with Crippen molar-refractivity contribution in [2.24, 2.45) is 0 Å². The summed E-state index contributed by atoms with van der Waals surface area (Å²) in [6.45, 7) is 4.70. The second-order valence-electron chi connectivity index (χ2n) is 14.2. The number of furan rings is 1. The van der Waals surface area contributed by atoms with E-state index in [1.807, 2.05) is 18.2 Å². The van der Waals surface area contributed by atoms with Crippen LogP contribution in [0.25, 0.3) is 74.6 Å². The van der Waals surface area contributed by atoms with Gasteiger partial charge in [-0.1, -0.05) is 80.6 Å². The number of thiazole rings is 2. The van der Waals surface area contributed by atoms with E-state index in [0.717, 1.165) is 71.2 Å². The van der Waals surface area contributed by atoms with Crippen molar-refractivity contribution in [3.8, 4) is 32.3 Å². The predicted molar refractivity (Wildman–Crippen MR) is 223 cm³/mol. The van der Waals surface area contributed by atoms with E-state index in [2.05, 4.69) is 152 Å². The van der Waals surface area contributed by atoms with Gasteiger partial charge in [0.1, 0.15) is 21.2 Å². The Balaban J connectivity index is 1.17. The van der Waals surface area contributed by atoms with Gasteiger partial charge in [-0.15, -0.1) is 22.7 Å². The maximum atomic E-state index is 6.49. The molecule has 0 fully saturated rings. The minimum absolute atomic E-state index is 0.210. The lowest BCUT2D eigenvalue weighted by atomic mass is 9.82. The molecule has 3 aromatic heterocycles. The number of nitrogens with zero attached hydrogens (tertiary/aromatic N) is 3. The molecule has 0 N–H and O–H groups in total. The van der Waals surface area contributed by atoms with Crippen LogP contribution in [-0.4, -0.2) is 9.97 Å². The molecule has 0 atom stereocenters. The van der Waals surface area contributed by atoms with Gasteiger partial charge in [-0.2, -0.15) is 0 Å². The van der Waals surface area contributed by atoms with Crippen molar-refractivity contribution in [1.29, 1.82) is 0 Å². The molecule has 53 heavy (non-hydrogen) atoms. The third-order valence-corrected chi connectivity index (χ3v) is 12.9. The maximum Gasteiger partial charge on any atom is 0.137 e. The van der Waals surface area contributed by atoms with Crippen LogP contribution in [0, 0.1) is 0 Å². The van der Waals surface area contributed by atoms with E-state index in [4.69, 9.17) is 14.4 Å². The van der Waals surface area contributed by atoms with Gasteiger partial charge in [-0.3, -0.25) is 0 Å². The number of hydrogen-bond acceptors (Lipinski definition) is 6. The van der Waals surface area contributed by atoms with Crippen molar-refractivity contribution in [3.05, 3.63) is 163 Å². The largest absolute Gasteiger partial charge is 0.456 e. The summed E-state index contributed by atoms with van der Waals surface area (Å²) in [6, 6.07) is 54.1. The van der Waals surface area contributed by atoms with Crippen molar-refractivity contribution in [2.45, 2.75) is 19.3 Å². The summed E-state index contributed by atoms with van der Waals surface area (Å²) in [7, 11) is 0. The summed E-state index contributed by atoms with van der Waals surface area (Å²) in [5.41, 5.74) is 14.1. The van der Waals surface area contributed by atoms with Crippen molar-refractivity contribution in [2.75, 3.05) is 4.90 Å². The van der Waals surface area contributed by atoms with Crippen LogP contribution in [0.3, 0.4) is 0 Å². The molecule has 3 heterocycles. The minimum Gasteiger partial charge on any atom is -0.456 e. The highest BCUT2D eigenvalue weighted by atomic mass is 32.1. The predicted octanol–water partition coefficient (Wildman–Crippen LogP) is 13.9. The molecule has 0 saturated carbocycles. The molecule has 4 nitrogen and oxygen atoms in total. The molecule has 0 saturated heterocycles. The maximum absolute atomic E-state index is 6.49. The van der Waals surface area contributed by atoms with Crippen LogP contribution >= 0.6 is 22.7 Å². The fourth-order valence-corrected chi connectivity index (χ4v) is 10.0. The van der Waals surface area contributed by atoms with Crippen LogP contribution in [0.2, 0.25) is 0 Å². The summed E-state index contributed by atoms with van der Waals surface area (Å²) in [5.74, 6) is 0. The highest BCUT2D eigenvalue weighted by molar-refractivity contribution is 7.22. The Morgan fingerprint density at radius 3 is 1.91 bits per heavy atom. The first-order valence-electron chi connectivity index (χ1n) is 17.8. The Bertz CT molecular complexity index is 2990. The molecule has 1 aliphatic carbocycles. The molecule has 7 aromatic carbocycles. The molecule has 0 aliphatic heterocycles. The van der Waals surface area contributed by atoms with Crippen LogP contribution in [0.5, 0.6) is 0 Å². The molecular weight excluding hydrogens is 687 g/mol. The average molecular weight is 718 g/mol. The summed E-state index contributed by atoms with van der Waals surface area (Å²) in [5, 5.41) is 4.26. The number of para-hydroxylation sites is 3. The summed E-state index contributed by atoms with van der Waals surface area (Å²) in [4.78, 5) is 12.5. The number of aromatic nitrogens is 2. The first-order chi connectivity index (χ1) is 26.0. The van der Waals surface area contributed by atoms with Gasteiger partial charge in [0.15, 0.2) is 0 Å². The van der Waals surface area contributed by atoms with Crippen LogP contribution in [0.1, 0.15) is 25.0 Å². The van der Waals surface area contributed by atoms with Crippen LogP contribution in [-0.2, 0) is 5.41 Å². The second-order valence-corrected chi connectivity index (χ2v) is 16.3. The summed E-state index contributed by atoms with van der Waals surface area (Å²) >= 11 is 3.47. The highest BCUT2D eigenvalue weighted by Gasteiger charge is 2.39. The van der Waals surface area contributed by atoms with E-state index in [1.54, 1.807) is 22.7 Å². The molecule has 0 unspecified atom stereocenters. The van der Waals surface area contributed by atoms with E-state index < -0.39 is 0 Å². The van der Waals surface area contributed by atoms with E-state index in [-0.39, 0.29) is 5.41 Å². The van der Waals surface area contributed by atoms with Gasteiger partial charge in [-0.25, -0.2) is 9.97 Å². The van der Waals surface area contributed by atoms with E-state index >= 15 is 0 Å². The zero-order valence-corrected chi connectivity index (χ0v) is 30.6. The molecule has 0 spiro atoms. The van der Waals surface area contributed by atoms with E-state index in [1.165, 1.54) is 31.7 Å². The first-order valence-corrected chi connectivity index (χ1v) is 19.4. The van der Waals surface area contributed by atoms with Gasteiger partial charge in [0.25, 0.3) is 0 Å². The van der Waals surface area contributed by atoms with Crippen molar-refractivity contribution in [1.82, 2.24) is 9.97 Å². The quantitative estimate of drug-likeness (QED) is 0.178. The highest BCUT2D eigenvalue weighted by Crippen LogP contribution is 2.56. The molecule has 6 heteroatoms. The van der Waals surface area contributed by atoms with Gasteiger partial charge in [0.05, 0.1) is 26.1 Å². The molecule has 11 rings (SSSR count). The lowest BCUT2D eigenvalue weighted by Gasteiger charge is -2.29. The normalized spacial score (nSPS) is 13.2. The fraction of sp³-hybridized carbons (Fsp3) is 0.0638. The fourth-order valence-electron chi connectivity index (χ4n) is 8.12. The number of benzene rings is 7. The van der Waals surface area contributed by atoms with Crippen LogP contribution in [0.15, 0.2) is 156 Å². The SMILES string of the molecule is CC1(C)c2ccccc2-c2c(N(c3ccc(-c4nc5ccccc5s4)cc3)c3ccc4c(c3)oc3ccccc34)cc(-c3nc4ccccc4s3)cc21. The number of anilines is 3. The smallest absolute Gasteiger partial charge is 0.137 e. The Kier molecular flexibility index (Phi) is 6.60. The van der Waals surface area contributed by atoms with Crippen LogP contribution < -0.4 is 4.90 Å². The third kappa shape index (κ3) is 4.72. The Morgan fingerprint density at radius 2 is 1.15 bits per heavy atom. The Morgan fingerprint density at radius 1 is 0.528 bits per heavy atom. The number of hydrogen-bond donors (Lipinski definition) is 0. The third-order valence-electron chi connectivity index (χ3n) is 10.7. The second kappa shape index (κ2) is 11.5. The summed E-state index contributed by atoms with van der Waals surface area (Å²) in [6.07, 6.45) is 0. The number of rotatable bonds is 5. The van der Waals surface area contributed by atoms with Gasteiger partial charge in [0.2, 0.25) is 0 Å². The monoisotopic (exact) mass is 717 g/mol. The topological polar surface area (TPSA) is 42.2 Å². The summed E-state index contributed by atoms with van der Waals surface area (Å²) < 4.78 is 8.86. The first kappa shape index (κ1) is 30.5. The van der Waals surface area contributed by atoms with Crippen LogP contribution in [0.4, 0.5) is 17.1 Å². The molecule has 0 amide bonds. The van der Waals surface area contributed by atoms with Crippen molar-refractivity contribution in [3.63, 3.8) is 0 Å². The van der Waals surface area contributed by atoms with Crippen molar-refractivity contribution < 1.29 is 4.42 Å². The standard InChI is InChI=1S/C47H31N3OS2/c1-47(2)35-13-5-3-12-34(35)44-36(47)25-29(46-49-38-15-7-10-18-43(38)53-46)26-39(44)50(31-23-24-33-32-11-4-8-16-40(32)51-41(33)27-31)30-21-19-28(20-22-30)45-48-37-14-6-9-17-42(37)52-45/h3-27H,1-2H3. The molecule has 0 radical (unpaired) electrons. The molecule has 10 aromatic rings. The lowest BCUT2D eigenvalue weighted by Crippen LogP contribution is -2.16. The molecular formula is C47H31N3OS2. The van der Waals surface area contributed by atoms with E-state index in [0.29, 0.717) is 0 Å². The van der Waals surface area contributed by atoms with Gasteiger partial charge < -0.3 is 9.32 Å². The Labute approximate surface area is 314 Å². The van der Waals surface area contributed by atoms with Gasteiger partial charge in [0, 0.05) is 50.3 Å². The van der Waals surface area contributed by atoms with Gasteiger partial charge in [-0.05, 0) is 95.6 Å². The zero-order valence-electron chi connectivity index (χ0n) is 29.0. The zero-order chi connectivity index (χ0) is 35.3. The molecule has 0 bridgehead atoms. The molecule has 1 aliphatic rings.